The van der Waals surface area contributed by atoms with E-state index in [0.717, 1.165) is 22.7 Å². The molecule has 1 atom stereocenters. The molecule has 0 aliphatic carbocycles. The first-order valence-corrected chi connectivity index (χ1v) is 15.6. The Hall–Kier alpha value is -4.45. The fraction of sp³-hybridized carbons (Fsp3) is 0.375. The Morgan fingerprint density at radius 3 is 2.11 bits per heavy atom. The van der Waals surface area contributed by atoms with Crippen molar-refractivity contribution >= 4 is 27.5 Å². The Balaban J connectivity index is 2.13. The first-order valence-electron chi connectivity index (χ1n) is 14.2. The smallest absolute Gasteiger partial charge is 0.265 e. The van der Waals surface area contributed by atoms with Crippen LogP contribution >= 0.6 is 0 Å². The van der Waals surface area contributed by atoms with Gasteiger partial charge in [0.2, 0.25) is 11.8 Å². The summed E-state index contributed by atoms with van der Waals surface area (Å²) in [5.41, 5.74) is 0.858. The van der Waals surface area contributed by atoms with Gasteiger partial charge in [0, 0.05) is 25.2 Å². The van der Waals surface area contributed by atoms with Crippen molar-refractivity contribution < 1.29 is 37.0 Å². The van der Waals surface area contributed by atoms with Crippen molar-refractivity contribution in [1.82, 2.24) is 10.2 Å². The molecule has 12 heteroatoms. The van der Waals surface area contributed by atoms with Crippen molar-refractivity contribution in [1.29, 1.82) is 0 Å². The van der Waals surface area contributed by atoms with Crippen molar-refractivity contribution in [3.8, 4) is 23.0 Å². The van der Waals surface area contributed by atoms with Crippen molar-refractivity contribution in [2.75, 3.05) is 45.8 Å². The highest BCUT2D eigenvalue weighted by Gasteiger charge is 2.34. The maximum absolute atomic E-state index is 14.3. The molecule has 0 spiro atoms. The van der Waals surface area contributed by atoms with E-state index in [4.69, 9.17) is 18.9 Å². The van der Waals surface area contributed by atoms with Gasteiger partial charge in [0.05, 0.1) is 39.0 Å². The predicted octanol–water partition coefficient (Wildman–Crippen LogP) is 4.25. The first kappa shape index (κ1) is 34.0. The number of nitrogens with one attached hydrogen (secondary N) is 1. The van der Waals surface area contributed by atoms with Crippen molar-refractivity contribution in [3.05, 3.63) is 72.3 Å². The Labute approximate surface area is 259 Å². The number of methoxy groups -OCH3 is 4. The Kier molecular flexibility index (Phi) is 12.3. The lowest BCUT2D eigenvalue weighted by molar-refractivity contribution is -0.139. The van der Waals surface area contributed by atoms with Crippen LogP contribution in [-0.2, 0) is 26.2 Å². The summed E-state index contributed by atoms with van der Waals surface area (Å²) in [7, 11) is 1.27. The molecule has 2 amide bonds. The second-order valence-corrected chi connectivity index (χ2v) is 11.8. The van der Waals surface area contributed by atoms with E-state index in [1.54, 1.807) is 19.1 Å². The van der Waals surface area contributed by atoms with E-state index in [1.165, 1.54) is 57.6 Å². The van der Waals surface area contributed by atoms with Crippen LogP contribution in [0.25, 0.3) is 0 Å². The summed E-state index contributed by atoms with van der Waals surface area (Å²) in [5.74, 6) is 0.149. The zero-order valence-corrected chi connectivity index (χ0v) is 26.8. The molecular formula is C32H41N3O8S. The van der Waals surface area contributed by atoms with Crippen LogP contribution in [0, 0.1) is 0 Å². The molecule has 3 aromatic carbocycles. The van der Waals surface area contributed by atoms with Crippen LogP contribution in [-0.4, -0.2) is 72.7 Å². The van der Waals surface area contributed by atoms with Crippen LogP contribution in [0.15, 0.2) is 71.6 Å². The molecule has 3 rings (SSSR count). The molecule has 3 aromatic rings. The number of hydrogen-bond donors (Lipinski definition) is 1. The van der Waals surface area contributed by atoms with Gasteiger partial charge in [-0.15, -0.1) is 0 Å². The lowest BCUT2D eigenvalue weighted by Crippen LogP contribution is -2.51. The number of carbonyl (C=O) groups is 2. The number of hydrogen-bond acceptors (Lipinski definition) is 8. The number of ether oxygens (including phenoxy) is 4. The number of nitrogens with zero attached hydrogens (tertiary/aromatic N) is 2. The third-order valence-electron chi connectivity index (χ3n) is 7.07. The summed E-state index contributed by atoms with van der Waals surface area (Å²) in [6.45, 7) is 3.55. The predicted molar refractivity (Wildman–Crippen MR) is 168 cm³/mol. The van der Waals surface area contributed by atoms with E-state index < -0.39 is 28.5 Å². The monoisotopic (exact) mass is 627 g/mol. The molecule has 0 bridgehead atoms. The van der Waals surface area contributed by atoms with E-state index in [-0.39, 0.29) is 34.5 Å². The largest absolute Gasteiger partial charge is 0.497 e. The van der Waals surface area contributed by atoms with Crippen LogP contribution in [0.3, 0.4) is 0 Å². The first-order chi connectivity index (χ1) is 21.1. The minimum absolute atomic E-state index is 0.0784. The Bertz CT molecular complexity index is 1520. The molecule has 0 saturated heterocycles. The second kappa shape index (κ2) is 15.9. The molecule has 238 valence electrons. The maximum Gasteiger partial charge on any atom is 0.265 e. The maximum atomic E-state index is 14.3. The van der Waals surface area contributed by atoms with Gasteiger partial charge in [0.15, 0.2) is 11.5 Å². The SMILES string of the molecule is CCCCNC(=O)[C@H](C)N(Cc1ccccc1)C(=O)CN(c1cc(OC)ccc1OC)S(=O)(=O)c1ccc(OC)c(OC)c1. The lowest BCUT2D eigenvalue weighted by atomic mass is 10.1. The van der Waals surface area contributed by atoms with Gasteiger partial charge < -0.3 is 29.2 Å². The normalized spacial score (nSPS) is 11.7. The van der Waals surface area contributed by atoms with E-state index >= 15 is 0 Å². The molecule has 0 radical (unpaired) electrons. The summed E-state index contributed by atoms with van der Waals surface area (Å²) in [6, 6.07) is 17.1. The highest BCUT2D eigenvalue weighted by Crippen LogP contribution is 2.37. The highest BCUT2D eigenvalue weighted by molar-refractivity contribution is 7.92. The summed E-state index contributed by atoms with van der Waals surface area (Å²) >= 11 is 0. The van der Waals surface area contributed by atoms with Gasteiger partial charge in [-0.25, -0.2) is 8.42 Å². The quantitative estimate of drug-likeness (QED) is 0.234. The fourth-order valence-corrected chi connectivity index (χ4v) is 5.94. The van der Waals surface area contributed by atoms with E-state index in [1.807, 2.05) is 37.3 Å². The van der Waals surface area contributed by atoms with Crippen molar-refractivity contribution in [2.24, 2.45) is 0 Å². The second-order valence-electron chi connectivity index (χ2n) is 9.89. The number of unbranched alkanes of at least 4 members (excludes halogenated alkanes) is 1. The standard InChI is InChI=1S/C32H41N3O8S/c1-7-8-18-33-32(37)23(2)34(21-24-12-10-9-11-13-24)31(36)22-35(27-19-25(40-3)14-16-28(27)41-4)44(38,39)26-15-17-29(42-5)30(20-26)43-6/h9-17,19-20,23H,7-8,18,21-22H2,1-6H3,(H,33,37)/t23-/m0/s1. The molecular weight excluding hydrogens is 586 g/mol. The molecule has 0 aromatic heterocycles. The number of benzene rings is 3. The molecule has 44 heavy (non-hydrogen) atoms. The molecule has 11 nitrogen and oxygen atoms in total. The molecule has 0 saturated carbocycles. The van der Waals surface area contributed by atoms with E-state index in [2.05, 4.69) is 5.32 Å². The van der Waals surface area contributed by atoms with E-state index in [0.29, 0.717) is 18.0 Å². The average Bonchev–Trinajstić information content (AvgIpc) is 3.05. The van der Waals surface area contributed by atoms with Crippen molar-refractivity contribution in [3.63, 3.8) is 0 Å². The molecule has 0 fully saturated rings. The van der Waals surface area contributed by atoms with Crippen LogP contribution in [0.4, 0.5) is 5.69 Å². The van der Waals surface area contributed by atoms with Gasteiger partial charge in [-0.05, 0) is 43.2 Å². The van der Waals surface area contributed by atoms with E-state index in [9.17, 15) is 18.0 Å². The number of carbonyl (C=O) groups excluding carboxylic acids is 2. The van der Waals surface area contributed by atoms with Gasteiger partial charge in [-0.2, -0.15) is 0 Å². The summed E-state index contributed by atoms with van der Waals surface area (Å²) in [4.78, 5) is 28.6. The number of rotatable bonds is 16. The molecule has 0 aliphatic rings. The van der Waals surface area contributed by atoms with Gasteiger partial charge in [0.25, 0.3) is 10.0 Å². The minimum Gasteiger partial charge on any atom is -0.497 e. The highest BCUT2D eigenvalue weighted by atomic mass is 32.2. The van der Waals surface area contributed by atoms with Crippen molar-refractivity contribution in [2.45, 2.75) is 44.2 Å². The molecule has 0 heterocycles. The van der Waals surface area contributed by atoms with Crippen LogP contribution in [0.5, 0.6) is 23.0 Å². The molecule has 1 N–H and O–H groups in total. The third-order valence-corrected chi connectivity index (χ3v) is 8.82. The van der Waals surface area contributed by atoms with Gasteiger partial charge >= 0.3 is 0 Å². The summed E-state index contributed by atoms with van der Waals surface area (Å²) in [6.07, 6.45) is 1.69. The van der Waals surface area contributed by atoms with Crippen LogP contribution in [0.2, 0.25) is 0 Å². The fourth-order valence-electron chi connectivity index (χ4n) is 4.51. The topological polar surface area (TPSA) is 124 Å². The van der Waals surface area contributed by atoms with Gasteiger partial charge in [-0.1, -0.05) is 43.7 Å². The Morgan fingerprint density at radius 2 is 1.50 bits per heavy atom. The van der Waals surface area contributed by atoms with Gasteiger partial charge in [0.1, 0.15) is 24.1 Å². The van der Waals surface area contributed by atoms with Gasteiger partial charge in [-0.3, -0.25) is 13.9 Å². The third kappa shape index (κ3) is 8.13. The summed E-state index contributed by atoms with van der Waals surface area (Å²) in [5, 5.41) is 2.88. The van der Waals surface area contributed by atoms with Crippen LogP contribution < -0.4 is 28.6 Å². The number of amides is 2. The zero-order valence-electron chi connectivity index (χ0n) is 26.0. The minimum atomic E-state index is -4.42. The molecule has 0 unspecified atom stereocenters. The Morgan fingerprint density at radius 1 is 0.841 bits per heavy atom. The zero-order chi connectivity index (χ0) is 32.3. The average molecular weight is 628 g/mol. The number of sulfonamides is 1. The molecule has 0 aliphatic heterocycles. The van der Waals surface area contributed by atoms with Crippen LogP contribution in [0.1, 0.15) is 32.3 Å². The summed E-state index contributed by atoms with van der Waals surface area (Å²) < 4.78 is 51.2. The lowest BCUT2D eigenvalue weighted by Gasteiger charge is -2.32. The number of anilines is 1.